The van der Waals surface area contributed by atoms with Crippen molar-refractivity contribution in [2.45, 2.75) is 0 Å². The third kappa shape index (κ3) is 110. The zero-order valence-corrected chi connectivity index (χ0v) is 11.5. The predicted molar refractivity (Wildman–Crippen MR) is 11.3 cm³/mol. The first-order valence-corrected chi connectivity index (χ1v) is 0.873. The molecule has 42 valence electrons. The molecule has 0 unspecified atom stereocenters. The van der Waals surface area contributed by atoms with Crippen LogP contribution in [0.15, 0.2) is 0 Å². The number of rotatable bonds is 0. The van der Waals surface area contributed by atoms with Crippen LogP contribution in [0.4, 0.5) is 17.3 Å². The van der Waals surface area contributed by atoms with Gasteiger partial charge in [-0.25, -0.2) is 0 Å². The van der Waals surface area contributed by atoms with Crippen molar-refractivity contribution < 1.29 is 112 Å². The average molecular weight is 176 g/mol. The van der Waals surface area contributed by atoms with E-state index in [0.717, 1.165) is 0 Å². The zero-order valence-electron chi connectivity index (χ0n) is 6.47. The van der Waals surface area contributed by atoms with E-state index < -0.39 is 7.25 Å². The van der Waals surface area contributed by atoms with Crippen LogP contribution < -0.4 is 93.4 Å². The van der Waals surface area contributed by atoms with E-state index in [9.17, 15) is 17.3 Å². The van der Waals surface area contributed by atoms with Gasteiger partial charge in [-0.05, 0) is 0 Å². The second-order valence-corrected chi connectivity index (χ2v) is 0.495. The maximum Gasteiger partial charge on any atom is 1.00 e. The van der Waals surface area contributed by atoms with E-state index in [1.54, 1.807) is 0 Å². The molecule has 0 saturated heterocycles. The molecule has 0 bridgehead atoms. The smallest absolute Gasteiger partial charge is 1.00 e. The van der Waals surface area contributed by atoms with Crippen LogP contribution in [0.25, 0.3) is 0 Å². The van der Waals surface area contributed by atoms with Crippen LogP contribution in [0.3, 0.4) is 0 Å². The van der Waals surface area contributed by atoms with Crippen LogP contribution in [0, 0.1) is 0 Å². The molecule has 0 N–H and O–H groups in total. The number of halogens is 5. The Balaban J connectivity index is -0.00000000800. The van der Waals surface area contributed by atoms with E-state index in [-0.39, 0.29) is 94.8 Å². The molecule has 0 rings (SSSR count). The minimum Gasteiger partial charge on any atom is -1.00 e. The Morgan fingerprint density at radius 1 is 0.778 bits per heavy atom. The first-order valence-electron chi connectivity index (χ1n) is 0.873. The Bertz CT molecular complexity index is 32.4. The normalized spacial score (nSPS) is 6.67. The SMILES string of the molecule is F[B-](F)(F)F.[F-].[H-].[Na+].[Na+].[Na+]. The summed E-state index contributed by atoms with van der Waals surface area (Å²) >= 11 is 0. The van der Waals surface area contributed by atoms with E-state index in [4.69, 9.17) is 0 Å². The predicted octanol–water partition coefficient (Wildman–Crippen LogP) is -10.6. The van der Waals surface area contributed by atoms with Crippen molar-refractivity contribution in [2.24, 2.45) is 0 Å². The van der Waals surface area contributed by atoms with E-state index in [1.807, 2.05) is 0 Å². The van der Waals surface area contributed by atoms with Gasteiger partial charge in [-0.3, -0.25) is 0 Å². The summed E-state index contributed by atoms with van der Waals surface area (Å²) in [5.41, 5.74) is 0. The van der Waals surface area contributed by atoms with Crippen molar-refractivity contribution in [3.8, 4) is 0 Å². The monoisotopic (exact) mass is 176 g/mol. The van der Waals surface area contributed by atoms with Gasteiger partial charge in [0.15, 0.2) is 0 Å². The Labute approximate surface area is 117 Å². The van der Waals surface area contributed by atoms with Crippen LogP contribution in [0.2, 0.25) is 0 Å². The molecule has 0 heterocycles. The van der Waals surface area contributed by atoms with E-state index in [1.165, 1.54) is 0 Å². The van der Waals surface area contributed by atoms with E-state index in [0.29, 0.717) is 0 Å². The first kappa shape index (κ1) is 29.8. The molecule has 0 aliphatic heterocycles. The fourth-order valence-corrected chi connectivity index (χ4v) is 0. The zero-order chi connectivity index (χ0) is 4.50. The average Bonchev–Trinajstić information content (AvgIpc) is 0.722. The van der Waals surface area contributed by atoms with Crippen molar-refractivity contribution >= 4 is 7.25 Å². The van der Waals surface area contributed by atoms with Crippen molar-refractivity contribution in [1.82, 2.24) is 0 Å². The minimum atomic E-state index is -6.00. The van der Waals surface area contributed by atoms with Gasteiger partial charge in [-0.1, -0.05) is 0 Å². The molecule has 0 aromatic rings. The summed E-state index contributed by atoms with van der Waals surface area (Å²) in [6.45, 7) is 0. The topological polar surface area (TPSA) is 0 Å². The van der Waals surface area contributed by atoms with E-state index in [2.05, 4.69) is 0 Å². The fraction of sp³-hybridized carbons (Fsp3) is 0. The molecule has 0 nitrogen and oxygen atoms in total. The number of hydrogen-bond donors (Lipinski definition) is 0. The van der Waals surface area contributed by atoms with Crippen molar-refractivity contribution in [3.05, 3.63) is 0 Å². The first-order chi connectivity index (χ1) is 2.00. The van der Waals surface area contributed by atoms with Crippen LogP contribution in [0.1, 0.15) is 1.43 Å². The van der Waals surface area contributed by atoms with Gasteiger partial charge in [-0.15, -0.1) is 0 Å². The summed E-state index contributed by atoms with van der Waals surface area (Å²) in [7, 11) is -6.00. The molecule has 0 aliphatic rings. The molecule has 0 amide bonds. The molecule has 0 aromatic heterocycles. The van der Waals surface area contributed by atoms with Crippen LogP contribution in [0.5, 0.6) is 0 Å². The molecule has 0 radical (unpaired) electrons. The molecule has 0 aliphatic carbocycles. The van der Waals surface area contributed by atoms with Crippen molar-refractivity contribution in [2.75, 3.05) is 0 Å². The third-order valence-electron chi connectivity index (χ3n) is 0. The number of hydrogen-bond acceptors (Lipinski definition) is 0. The molecule has 0 saturated carbocycles. The van der Waals surface area contributed by atoms with Crippen LogP contribution in [-0.4, -0.2) is 7.25 Å². The van der Waals surface area contributed by atoms with Gasteiger partial charge in [-0.2, -0.15) is 0 Å². The molecular weight excluding hydrogens is 175 g/mol. The quantitative estimate of drug-likeness (QED) is 0.254. The van der Waals surface area contributed by atoms with Gasteiger partial charge in [0.2, 0.25) is 0 Å². The van der Waals surface area contributed by atoms with Gasteiger partial charge in [0, 0.05) is 0 Å². The Hall–Kier alpha value is 2.71. The Kier molecular flexibility index (Phi) is 44.1. The summed E-state index contributed by atoms with van der Waals surface area (Å²) in [5.74, 6) is 0. The van der Waals surface area contributed by atoms with Crippen molar-refractivity contribution in [1.29, 1.82) is 0 Å². The van der Waals surface area contributed by atoms with Crippen LogP contribution >= 0.6 is 0 Å². The second-order valence-electron chi connectivity index (χ2n) is 0.495. The summed E-state index contributed by atoms with van der Waals surface area (Å²) in [4.78, 5) is 0. The second kappa shape index (κ2) is 13.3. The Morgan fingerprint density at radius 2 is 0.778 bits per heavy atom. The summed E-state index contributed by atoms with van der Waals surface area (Å²) in [5, 5.41) is 0. The summed E-state index contributed by atoms with van der Waals surface area (Å²) in [6.07, 6.45) is 0. The van der Waals surface area contributed by atoms with Gasteiger partial charge in [0.05, 0.1) is 0 Å². The maximum absolute atomic E-state index is 9.75. The van der Waals surface area contributed by atoms with Gasteiger partial charge >= 0.3 is 95.9 Å². The van der Waals surface area contributed by atoms with Gasteiger partial charge in [0.1, 0.15) is 0 Å². The summed E-state index contributed by atoms with van der Waals surface area (Å²) < 4.78 is 39.0. The van der Waals surface area contributed by atoms with Crippen molar-refractivity contribution in [3.63, 3.8) is 0 Å². The van der Waals surface area contributed by atoms with Crippen LogP contribution in [-0.2, 0) is 0 Å². The molecule has 0 atom stereocenters. The third-order valence-corrected chi connectivity index (χ3v) is 0. The fourth-order valence-electron chi connectivity index (χ4n) is 0. The van der Waals surface area contributed by atoms with Gasteiger partial charge in [0.25, 0.3) is 0 Å². The summed E-state index contributed by atoms with van der Waals surface area (Å²) in [6, 6.07) is 0. The molecule has 0 aromatic carbocycles. The molecule has 0 fully saturated rings. The largest absolute Gasteiger partial charge is 1.00 e. The molecular formula is HBF5Na3. The molecule has 0 spiro atoms. The Morgan fingerprint density at radius 3 is 0.778 bits per heavy atom. The van der Waals surface area contributed by atoms with Gasteiger partial charge < -0.3 is 23.4 Å². The molecule has 9 heteroatoms. The minimum absolute atomic E-state index is 0. The van der Waals surface area contributed by atoms with E-state index >= 15 is 0 Å². The standard InChI is InChI=1S/BF4.FH.3Na.H/c2-1(3,4)5;;;;;/h;1H;;;;/q-1;;3*+1;-1/p-1. The molecule has 9 heavy (non-hydrogen) atoms. The maximum atomic E-state index is 9.75.